The second-order valence-electron chi connectivity index (χ2n) is 5.23. The van der Waals surface area contributed by atoms with Crippen molar-refractivity contribution in [3.05, 3.63) is 0 Å². The number of aliphatic hydroxyl groups is 1. The number of hydrogen-bond acceptors (Lipinski definition) is 3. The Balaban J connectivity index is 2.23. The van der Waals surface area contributed by atoms with Crippen molar-refractivity contribution in [1.82, 2.24) is 0 Å². The zero-order valence-corrected chi connectivity index (χ0v) is 9.67. The Kier molecular flexibility index (Phi) is 3.06. The topological polar surface area (TPSA) is 55.5 Å². The lowest BCUT2D eigenvalue weighted by molar-refractivity contribution is -0.131. The molecule has 88 valence electrons. The van der Waals surface area contributed by atoms with Gasteiger partial charge in [0.25, 0.3) is 0 Å². The summed E-state index contributed by atoms with van der Waals surface area (Å²) in [6.07, 6.45) is 6.51. The first-order valence-corrected chi connectivity index (χ1v) is 6.19. The van der Waals surface area contributed by atoms with Gasteiger partial charge in [-0.2, -0.15) is 0 Å². The fraction of sp³-hybridized carbons (Fsp3) is 1.00. The molecule has 0 spiro atoms. The Morgan fingerprint density at radius 1 is 1.27 bits per heavy atom. The van der Waals surface area contributed by atoms with Crippen LogP contribution in [-0.2, 0) is 4.74 Å². The van der Waals surface area contributed by atoms with Gasteiger partial charge in [-0.05, 0) is 19.8 Å². The van der Waals surface area contributed by atoms with Crippen molar-refractivity contribution in [3.63, 3.8) is 0 Å². The Bertz CT molecular complexity index is 226. The molecule has 1 aliphatic heterocycles. The summed E-state index contributed by atoms with van der Waals surface area (Å²) in [7, 11) is 0. The van der Waals surface area contributed by atoms with E-state index in [9.17, 15) is 5.11 Å². The first kappa shape index (κ1) is 11.4. The summed E-state index contributed by atoms with van der Waals surface area (Å²) in [4.78, 5) is 0. The van der Waals surface area contributed by atoms with Crippen LogP contribution in [0.1, 0.15) is 45.4 Å². The predicted octanol–water partition coefficient (Wildman–Crippen LogP) is 1.44. The monoisotopic (exact) mass is 213 g/mol. The van der Waals surface area contributed by atoms with Crippen molar-refractivity contribution < 1.29 is 9.84 Å². The van der Waals surface area contributed by atoms with Crippen LogP contribution in [0.4, 0.5) is 0 Å². The van der Waals surface area contributed by atoms with Gasteiger partial charge in [-0.3, -0.25) is 0 Å². The van der Waals surface area contributed by atoms with Crippen LogP contribution in [0.2, 0.25) is 0 Å². The van der Waals surface area contributed by atoms with Crippen LogP contribution in [0.25, 0.3) is 0 Å². The lowest BCUT2D eigenvalue weighted by atomic mass is 9.61. The van der Waals surface area contributed by atoms with Gasteiger partial charge in [-0.1, -0.05) is 19.3 Å². The van der Waals surface area contributed by atoms with E-state index in [0.717, 1.165) is 19.3 Å². The van der Waals surface area contributed by atoms with E-state index in [1.165, 1.54) is 19.3 Å². The zero-order valence-electron chi connectivity index (χ0n) is 9.67. The van der Waals surface area contributed by atoms with Crippen LogP contribution in [-0.4, -0.2) is 30.0 Å². The highest BCUT2D eigenvalue weighted by Crippen LogP contribution is 2.50. The predicted molar refractivity (Wildman–Crippen MR) is 59.6 cm³/mol. The highest BCUT2D eigenvalue weighted by atomic mass is 16.5. The average molecular weight is 213 g/mol. The summed E-state index contributed by atoms with van der Waals surface area (Å²) < 4.78 is 5.54. The fourth-order valence-electron chi connectivity index (χ4n) is 3.47. The van der Waals surface area contributed by atoms with Gasteiger partial charge in [0.2, 0.25) is 0 Å². The van der Waals surface area contributed by atoms with Gasteiger partial charge in [0.1, 0.15) is 0 Å². The molecule has 0 radical (unpaired) electrons. The molecule has 1 heterocycles. The lowest BCUT2D eigenvalue weighted by Gasteiger charge is -2.48. The van der Waals surface area contributed by atoms with E-state index in [4.69, 9.17) is 10.5 Å². The molecule has 0 amide bonds. The summed E-state index contributed by atoms with van der Waals surface area (Å²) in [6.45, 7) is 3.26. The molecule has 0 aromatic carbocycles. The lowest BCUT2D eigenvalue weighted by Crippen LogP contribution is -2.57. The molecule has 15 heavy (non-hydrogen) atoms. The molecule has 3 N–H and O–H groups in total. The smallest absolute Gasteiger partial charge is 0.0995 e. The molecular formula is C12H23NO2. The van der Waals surface area contributed by atoms with E-state index in [0.29, 0.717) is 13.2 Å². The summed E-state index contributed by atoms with van der Waals surface area (Å²) in [5.74, 6) is 0. The Morgan fingerprint density at radius 2 is 1.93 bits per heavy atom. The van der Waals surface area contributed by atoms with Gasteiger partial charge >= 0.3 is 0 Å². The third-order valence-electron chi connectivity index (χ3n) is 4.64. The summed E-state index contributed by atoms with van der Waals surface area (Å²) in [5.41, 5.74) is 5.19. The second kappa shape index (κ2) is 4.04. The molecule has 2 fully saturated rings. The summed E-state index contributed by atoms with van der Waals surface area (Å²) in [6, 6.07) is 0. The van der Waals surface area contributed by atoms with Gasteiger partial charge in [0, 0.05) is 25.0 Å². The first-order valence-electron chi connectivity index (χ1n) is 6.19. The minimum atomic E-state index is -0.678. The SMILES string of the molecule is CC1OCCC1(O)C1(CN)CCCCC1. The molecule has 2 atom stereocenters. The summed E-state index contributed by atoms with van der Waals surface area (Å²) in [5, 5.41) is 10.8. The Labute approximate surface area is 92.0 Å². The molecule has 3 nitrogen and oxygen atoms in total. The van der Waals surface area contributed by atoms with Crippen LogP contribution in [0.3, 0.4) is 0 Å². The van der Waals surface area contributed by atoms with E-state index in [1.54, 1.807) is 0 Å². The number of ether oxygens (including phenoxy) is 1. The Hall–Kier alpha value is -0.120. The molecule has 2 aliphatic rings. The molecule has 1 aliphatic carbocycles. The number of nitrogens with two attached hydrogens (primary N) is 1. The highest BCUT2D eigenvalue weighted by Gasteiger charge is 2.55. The first-order chi connectivity index (χ1) is 7.15. The second-order valence-corrected chi connectivity index (χ2v) is 5.23. The molecule has 0 aromatic rings. The van der Waals surface area contributed by atoms with Gasteiger partial charge in [0.15, 0.2) is 0 Å². The quantitative estimate of drug-likeness (QED) is 0.729. The van der Waals surface area contributed by atoms with Crippen LogP contribution in [0.5, 0.6) is 0 Å². The number of hydrogen-bond donors (Lipinski definition) is 2. The minimum absolute atomic E-state index is 0.0563. The van der Waals surface area contributed by atoms with Crippen molar-refractivity contribution in [2.45, 2.75) is 57.2 Å². The molecule has 0 aromatic heterocycles. The van der Waals surface area contributed by atoms with Gasteiger partial charge < -0.3 is 15.6 Å². The average Bonchev–Trinajstić information content (AvgIpc) is 2.62. The van der Waals surface area contributed by atoms with E-state index in [1.807, 2.05) is 6.92 Å². The van der Waals surface area contributed by atoms with Crippen molar-refractivity contribution in [1.29, 1.82) is 0 Å². The number of rotatable bonds is 2. The standard InChI is InChI=1S/C12H23NO2/c1-10-12(14,7-8-15-10)11(9-13)5-3-2-4-6-11/h10,14H,2-9,13H2,1H3. The maximum absolute atomic E-state index is 10.8. The van der Waals surface area contributed by atoms with Crippen LogP contribution < -0.4 is 5.73 Å². The maximum atomic E-state index is 10.8. The van der Waals surface area contributed by atoms with E-state index < -0.39 is 5.60 Å². The van der Waals surface area contributed by atoms with E-state index in [-0.39, 0.29) is 11.5 Å². The molecular weight excluding hydrogens is 190 g/mol. The maximum Gasteiger partial charge on any atom is 0.0995 e. The highest BCUT2D eigenvalue weighted by molar-refractivity contribution is 5.06. The minimum Gasteiger partial charge on any atom is -0.386 e. The molecule has 2 rings (SSSR count). The third-order valence-corrected chi connectivity index (χ3v) is 4.64. The van der Waals surface area contributed by atoms with Crippen LogP contribution >= 0.6 is 0 Å². The van der Waals surface area contributed by atoms with Crippen molar-refractivity contribution >= 4 is 0 Å². The molecule has 0 bridgehead atoms. The molecule has 1 saturated heterocycles. The van der Waals surface area contributed by atoms with Crippen molar-refractivity contribution in [3.8, 4) is 0 Å². The van der Waals surface area contributed by atoms with E-state index >= 15 is 0 Å². The van der Waals surface area contributed by atoms with Crippen molar-refractivity contribution in [2.24, 2.45) is 11.1 Å². The molecule has 1 saturated carbocycles. The van der Waals surface area contributed by atoms with E-state index in [2.05, 4.69) is 0 Å². The Morgan fingerprint density at radius 3 is 2.40 bits per heavy atom. The zero-order chi connectivity index (χ0) is 10.9. The third kappa shape index (κ3) is 1.61. The normalized spacial score (nSPS) is 40.6. The van der Waals surface area contributed by atoms with Crippen LogP contribution in [0, 0.1) is 5.41 Å². The van der Waals surface area contributed by atoms with Gasteiger partial charge in [-0.25, -0.2) is 0 Å². The van der Waals surface area contributed by atoms with Crippen LogP contribution in [0.15, 0.2) is 0 Å². The molecule has 3 heteroatoms. The van der Waals surface area contributed by atoms with Gasteiger partial charge in [0.05, 0.1) is 11.7 Å². The van der Waals surface area contributed by atoms with Crippen molar-refractivity contribution in [2.75, 3.05) is 13.2 Å². The molecule has 2 unspecified atom stereocenters. The van der Waals surface area contributed by atoms with Gasteiger partial charge in [-0.15, -0.1) is 0 Å². The summed E-state index contributed by atoms with van der Waals surface area (Å²) >= 11 is 0. The largest absolute Gasteiger partial charge is 0.386 e. The fourth-order valence-corrected chi connectivity index (χ4v) is 3.47.